The van der Waals surface area contributed by atoms with Crippen molar-refractivity contribution in [1.29, 1.82) is 0 Å². The number of carbonyl (C=O) groups is 1. The van der Waals surface area contributed by atoms with E-state index in [1.807, 2.05) is 0 Å². The molecule has 0 unspecified atom stereocenters. The molecular weight excluding hydrogens is 294 g/mol. The Labute approximate surface area is 136 Å². The van der Waals surface area contributed by atoms with Gasteiger partial charge in [-0.1, -0.05) is 11.6 Å². The van der Waals surface area contributed by atoms with Crippen LogP contribution >= 0.6 is 0 Å². The van der Waals surface area contributed by atoms with Crippen LogP contribution in [0.5, 0.6) is 0 Å². The highest BCUT2D eigenvalue weighted by Gasteiger charge is 2.36. The summed E-state index contributed by atoms with van der Waals surface area (Å²) in [5.41, 5.74) is 1.99. The zero-order valence-corrected chi connectivity index (χ0v) is 13.6. The van der Waals surface area contributed by atoms with Crippen LogP contribution < -0.4 is 5.32 Å². The third-order valence-electron chi connectivity index (χ3n) is 5.39. The molecule has 0 bridgehead atoms. The zero-order chi connectivity index (χ0) is 15.6. The number of likely N-dealkylation sites (tertiary alicyclic amines) is 1. The van der Waals surface area contributed by atoms with Crippen molar-refractivity contribution in [2.24, 2.45) is 0 Å². The molecule has 4 rings (SSSR count). The minimum absolute atomic E-state index is 0.0462. The lowest BCUT2D eigenvalue weighted by Gasteiger charge is -2.34. The summed E-state index contributed by atoms with van der Waals surface area (Å²) in [4.78, 5) is 15.1. The summed E-state index contributed by atoms with van der Waals surface area (Å²) in [6, 6.07) is 0.336. The van der Waals surface area contributed by atoms with Crippen molar-refractivity contribution in [1.82, 2.24) is 15.4 Å². The predicted octanol–water partition coefficient (Wildman–Crippen LogP) is 1.54. The molecule has 2 atom stereocenters. The number of rotatable bonds is 3. The third kappa shape index (κ3) is 3.02. The summed E-state index contributed by atoms with van der Waals surface area (Å²) in [5.74, 6) is 0.294. The smallest absolute Gasteiger partial charge is 0.290 e. The van der Waals surface area contributed by atoms with Crippen molar-refractivity contribution in [3.05, 3.63) is 17.0 Å². The lowest BCUT2D eigenvalue weighted by atomic mass is 9.96. The first kappa shape index (κ1) is 15.1. The molecule has 0 saturated carbocycles. The molecule has 2 aliphatic heterocycles. The second-order valence-electron chi connectivity index (χ2n) is 6.93. The fourth-order valence-electron chi connectivity index (χ4n) is 4.09. The van der Waals surface area contributed by atoms with Gasteiger partial charge in [0.25, 0.3) is 5.91 Å². The zero-order valence-electron chi connectivity index (χ0n) is 13.6. The topological polar surface area (TPSA) is 67.6 Å². The van der Waals surface area contributed by atoms with Crippen molar-refractivity contribution in [2.75, 3.05) is 26.3 Å². The quantitative estimate of drug-likeness (QED) is 0.915. The van der Waals surface area contributed by atoms with Crippen LogP contribution in [0.25, 0.3) is 0 Å². The summed E-state index contributed by atoms with van der Waals surface area (Å²) in [7, 11) is 0. The normalized spacial score (nSPS) is 28.5. The number of amides is 1. The Morgan fingerprint density at radius 3 is 2.78 bits per heavy atom. The third-order valence-corrected chi connectivity index (χ3v) is 5.39. The van der Waals surface area contributed by atoms with Gasteiger partial charge in [0.15, 0.2) is 0 Å². The maximum Gasteiger partial charge on any atom is 0.290 e. The summed E-state index contributed by atoms with van der Waals surface area (Å²) in [5, 5.41) is 7.22. The monoisotopic (exact) mass is 319 g/mol. The molecule has 3 heterocycles. The van der Waals surface area contributed by atoms with Gasteiger partial charge >= 0.3 is 0 Å². The molecule has 1 N–H and O–H groups in total. The van der Waals surface area contributed by atoms with Gasteiger partial charge in [0.1, 0.15) is 0 Å². The molecule has 6 heteroatoms. The summed E-state index contributed by atoms with van der Waals surface area (Å²) in [6.45, 7) is 3.51. The van der Waals surface area contributed by atoms with Gasteiger partial charge in [0.2, 0.25) is 5.76 Å². The first-order valence-electron chi connectivity index (χ1n) is 8.93. The number of aryl methyl sites for hydroxylation is 1. The molecule has 2 saturated heterocycles. The van der Waals surface area contributed by atoms with Crippen molar-refractivity contribution in [3.63, 3.8) is 0 Å². The molecule has 6 nitrogen and oxygen atoms in total. The Morgan fingerprint density at radius 1 is 1.09 bits per heavy atom. The first-order chi connectivity index (χ1) is 11.3. The van der Waals surface area contributed by atoms with Crippen LogP contribution in [-0.2, 0) is 17.6 Å². The van der Waals surface area contributed by atoms with Crippen LogP contribution in [0.4, 0.5) is 0 Å². The molecular formula is C17H25N3O3. The standard InChI is InChI=1S/C17H25N3O3/c21-17(16-12-6-2-3-7-13(12)19-23-16)18-14-10-22-11-15(14)20-8-4-1-5-9-20/h14-15H,1-11H2,(H,18,21)/t14-,15-/m0/s1. The summed E-state index contributed by atoms with van der Waals surface area (Å²) in [6.07, 6.45) is 7.86. The van der Waals surface area contributed by atoms with E-state index in [-0.39, 0.29) is 18.0 Å². The minimum Gasteiger partial charge on any atom is -0.378 e. The molecule has 2 fully saturated rings. The van der Waals surface area contributed by atoms with E-state index in [9.17, 15) is 4.79 Å². The van der Waals surface area contributed by atoms with Gasteiger partial charge in [-0.25, -0.2) is 0 Å². The minimum atomic E-state index is -0.127. The number of hydrogen-bond acceptors (Lipinski definition) is 5. The Morgan fingerprint density at radius 2 is 1.91 bits per heavy atom. The summed E-state index contributed by atoms with van der Waals surface area (Å²) >= 11 is 0. The number of ether oxygens (including phenoxy) is 1. The molecule has 1 aliphatic carbocycles. The van der Waals surface area contributed by atoms with Crippen LogP contribution in [0.2, 0.25) is 0 Å². The highest BCUT2D eigenvalue weighted by molar-refractivity contribution is 5.93. The lowest BCUT2D eigenvalue weighted by molar-refractivity contribution is 0.0862. The molecule has 0 spiro atoms. The van der Waals surface area contributed by atoms with Crippen LogP contribution in [0, 0.1) is 0 Å². The Balaban J connectivity index is 1.44. The van der Waals surface area contributed by atoms with Crippen LogP contribution in [0.15, 0.2) is 4.52 Å². The Bertz CT molecular complexity index is 565. The van der Waals surface area contributed by atoms with E-state index >= 15 is 0 Å². The molecule has 3 aliphatic rings. The van der Waals surface area contributed by atoms with Gasteiger partial charge in [-0.05, 0) is 51.6 Å². The van der Waals surface area contributed by atoms with E-state index in [2.05, 4.69) is 15.4 Å². The van der Waals surface area contributed by atoms with Gasteiger partial charge < -0.3 is 14.6 Å². The number of fused-ring (bicyclic) bond motifs is 1. The van der Waals surface area contributed by atoms with Gasteiger partial charge in [0.05, 0.1) is 31.0 Å². The Kier molecular flexibility index (Phi) is 4.35. The molecule has 1 amide bonds. The SMILES string of the molecule is O=C(N[C@H]1COC[C@@H]1N1CCCCC1)c1onc2c1CCCC2. The van der Waals surface area contributed by atoms with Crippen LogP contribution in [0.1, 0.15) is 53.9 Å². The highest BCUT2D eigenvalue weighted by atomic mass is 16.5. The van der Waals surface area contributed by atoms with Gasteiger partial charge in [-0.3, -0.25) is 9.69 Å². The molecule has 0 aromatic carbocycles. The predicted molar refractivity (Wildman–Crippen MR) is 84.4 cm³/mol. The maximum atomic E-state index is 12.6. The number of piperidine rings is 1. The molecule has 0 radical (unpaired) electrons. The van der Waals surface area contributed by atoms with E-state index in [0.717, 1.165) is 50.0 Å². The van der Waals surface area contributed by atoms with Crippen molar-refractivity contribution >= 4 is 5.91 Å². The number of nitrogens with one attached hydrogen (secondary N) is 1. The average molecular weight is 319 g/mol. The highest BCUT2D eigenvalue weighted by Crippen LogP contribution is 2.25. The fraction of sp³-hybridized carbons (Fsp3) is 0.765. The van der Waals surface area contributed by atoms with Crippen LogP contribution in [0.3, 0.4) is 0 Å². The van der Waals surface area contributed by atoms with E-state index in [1.54, 1.807) is 0 Å². The summed E-state index contributed by atoms with van der Waals surface area (Å²) < 4.78 is 11.0. The number of aromatic nitrogens is 1. The van der Waals surface area contributed by atoms with E-state index in [1.165, 1.54) is 19.3 Å². The Hall–Kier alpha value is -1.40. The van der Waals surface area contributed by atoms with Crippen molar-refractivity contribution in [3.8, 4) is 0 Å². The largest absolute Gasteiger partial charge is 0.378 e. The van der Waals surface area contributed by atoms with Crippen molar-refractivity contribution in [2.45, 2.75) is 57.0 Å². The number of carbonyl (C=O) groups excluding carboxylic acids is 1. The molecule has 1 aromatic rings. The number of hydrogen-bond donors (Lipinski definition) is 1. The fourth-order valence-corrected chi connectivity index (χ4v) is 4.09. The molecule has 126 valence electrons. The lowest BCUT2D eigenvalue weighted by Crippen LogP contribution is -2.52. The van der Waals surface area contributed by atoms with E-state index < -0.39 is 0 Å². The number of nitrogens with zero attached hydrogens (tertiary/aromatic N) is 2. The van der Waals surface area contributed by atoms with Crippen LogP contribution in [-0.4, -0.2) is 54.4 Å². The maximum absolute atomic E-state index is 12.6. The van der Waals surface area contributed by atoms with Gasteiger partial charge in [-0.2, -0.15) is 0 Å². The molecule has 1 aromatic heterocycles. The van der Waals surface area contributed by atoms with Gasteiger partial charge in [0, 0.05) is 5.56 Å². The van der Waals surface area contributed by atoms with Gasteiger partial charge in [-0.15, -0.1) is 0 Å². The molecule has 23 heavy (non-hydrogen) atoms. The second-order valence-corrected chi connectivity index (χ2v) is 6.93. The van der Waals surface area contributed by atoms with E-state index in [4.69, 9.17) is 9.26 Å². The average Bonchev–Trinajstić information content (AvgIpc) is 3.22. The second kappa shape index (κ2) is 6.61. The van der Waals surface area contributed by atoms with E-state index in [0.29, 0.717) is 19.0 Å². The van der Waals surface area contributed by atoms with Crippen molar-refractivity contribution < 1.29 is 14.1 Å². The first-order valence-corrected chi connectivity index (χ1v) is 8.93.